The summed E-state index contributed by atoms with van der Waals surface area (Å²) in [6, 6.07) is 9.48. The Balaban J connectivity index is 1.88. The average Bonchev–Trinajstić information content (AvgIpc) is 2.71. The summed E-state index contributed by atoms with van der Waals surface area (Å²) in [5, 5.41) is 38.7. The molecule has 158 valence electrons. The number of ether oxygens (including phenoxy) is 1. The normalized spacial score (nSPS) is 27.1. The number of benzene rings is 2. The van der Waals surface area contributed by atoms with Crippen LogP contribution in [0.2, 0.25) is 0 Å². The largest absolute Gasteiger partial charge is 0.474 e. The fourth-order valence-electron chi connectivity index (χ4n) is 3.27. The second-order valence-electron chi connectivity index (χ2n) is 7.04. The molecule has 0 unspecified atom stereocenters. The van der Waals surface area contributed by atoms with Crippen molar-refractivity contribution in [2.24, 2.45) is 0 Å². The smallest absolute Gasteiger partial charge is 0.173 e. The van der Waals surface area contributed by atoms with Crippen LogP contribution in [0.4, 0.5) is 8.78 Å². The fraction of sp³-hybridized carbons (Fsp3) is 0.429. The Labute approximate surface area is 172 Å². The summed E-state index contributed by atoms with van der Waals surface area (Å²) in [4.78, 5) is 0. The number of hydrogen-bond acceptors (Lipinski definition) is 6. The number of rotatable bonds is 6. The van der Waals surface area contributed by atoms with E-state index in [9.17, 15) is 29.2 Å². The van der Waals surface area contributed by atoms with E-state index in [0.29, 0.717) is 6.07 Å². The highest BCUT2D eigenvalue weighted by Crippen LogP contribution is 2.37. The van der Waals surface area contributed by atoms with E-state index in [1.54, 1.807) is 0 Å². The maximum absolute atomic E-state index is 14.6. The van der Waals surface area contributed by atoms with Crippen LogP contribution in [0.5, 0.6) is 5.75 Å². The highest BCUT2D eigenvalue weighted by Gasteiger charge is 2.44. The molecule has 5 nitrogen and oxygen atoms in total. The Hall–Kier alpha value is -1.71. The molecule has 0 spiro atoms. The lowest BCUT2D eigenvalue weighted by molar-refractivity contribution is -0.0913. The van der Waals surface area contributed by atoms with Crippen LogP contribution in [0.1, 0.15) is 23.6 Å². The number of hydrogen-bond donors (Lipinski definition) is 4. The van der Waals surface area contributed by atoms with Gasteiger partial charge >= 0.3 is 0 Å². The molecule has 1 fully saturated rings. The van der Waals surface area contributed by atoms with Gasteiger partial charge in [-0.2, -0.15) is 0 Å². The zero-order valence-corrected chi connectivity index (χ0v) is 16.6. The number of thioether (sulfide) groups is 1. The highest BCUT2D eigenvalue weighted by molar-refractivity contribution is 8.00. The SMILES string of the molecule is CCc1ccc(Cc2cc(F)cc(F)c2O[C@@H]2S[C@H](CO)[C@@H](O)[C@H](O)[C@H]2O)cc1. The van der Waals surface area contributed by atoms with Crippen LogP contribution >= 0.6 is 11.8 Å². The van der Waals surface area contributed by atoms with Gasteiger partial charge in [0.05, 0.1) is 18.0 Å². The number of aliphatic hydroxyl groups excluding tert-OH is 4. The van der Waals surface area contributed by atoms with Crippen molar-refractivity contribution >= 4 is 11.8 Å². The first-order valence-electron chi connectivity index (χ1n) is 9.37. The molecule has 2 aromatic carbocycles. The third-order valence-electron chi connectivity index (χ3n) is 4.99. The van der Waals surface area contributed by atoms with Crippen LogP contribution in [-0.4, -0.2) is 56.0 Å². The second kappa shape index (κ2) is 9.40. The van der Waals surface area contributed by atoms with Gasteiger partial charge in [-0.25, -0.2) is 8.78 Å². The molecule has 0 aliphatic carbocycles. The standard InChI is InChI=1S/C21H24F2O5S/c1-2-11-3-5-12(6-4-11)7-13-8-14(22)9-15(23)20(13)28-21-19(27)18(26)17(25)16(10-24)29-21/h3-6,8-9,16-19,21,24-27H,2,7,10H2,1H3/t16-,17-,18+,19-,21-/m1/s1. The molecule has 0 saturated carbocycles. The van der Waals surface area contributed by atoms with Gasteiger partial charge < -0.3 is 25.2 Å². The quantitative estimate of drug-likeness (QED) is 0.565. The third-order valence-corrected chi connectivity index (χ3v) is 6.41. The molecule has 0 radical (unpaired) electrons. The average molecular weight is 426 g/mol. The predicted molar refractivity (Wildman–Crippen MR) is 106 cm³/mol. The van der Waals surface area contributed by atoms with Crippen LogP contribution in [0.25, 0.3) is 0 Å². The third kappa shape index (κ3) is 4.90. The number of aliphatic hydroxyl groups is 4. The van der Waals surface area contributed by atoms with Crippen molar-refractivity contribution in [1.29, 1.82) is 0 Å². The molecule has 0 bridgehead atoms. The first-order valence-corrected chi connectivity index (χ1v) is 10.3. The zero-order chi connectivity index (χ0) is 21.1. The van der Waals surface area contributed by atoms with Crippen molar-refractivity contribution in [2.45, 2.75) is 48.8 Å². The monoisotopic (exact) mass is 426 g/mol. The Morgan fingerprint density at radius 2 is 1.62 bits per heavy atom. The van der Waals surface area contributed by atoms with Crippen LogP contribution in [0.3, 0.4) is 0 Å². The van der Waals surface area contributed by atoms with Crippen LogP contribution < -0.4 is 4.74 Å². The van der Waals surface area contributed by atoms with Gasteiger partial charge in [0.25, 0.3) is 0 Å². The van der Waals surface area contributed by atoms with E-state index in [-0.39, 0.29) is 17.7 Å². The summed E-state index contributed by atoms with van der Waals surface area (Å²) in [5.74, 6) is -1.92. The molecule has 0 aromatic heterocycles. The number of halogens is 2. The van der Waals surface area contributed by atoms with Crippen molar-refractivity contribution in [2.75, 3.05) is 6.61 Å². The lowest BCUT2D eigenvalue weighted by atomic mass is 10.0. The van der Waals surface area contributed by atoms with Gasteiger partial charge in [0.1, 0.15) is 18.0 Å². The molecular weight excluding hydrogens is 402 g/mol. The van der Waals surface area contributed by atoms with Gasteiger partial charge in [0, 0.05) is 18.1 Å². The predicted octanol–water partition coefficient (Wildman–Crippen LogP) is 2.01. The minimum absolute atomic E-state index is 0.204. The Morgan fingerprint density at radius 1 is 0.966 bits per heavy atom. The molecule has 3 rings (SSSR count). The van der Waals surface area contributed by atoms with Crippen molar-refractivity contribution < 1.29 is 33.9 Å². The first-order chi connectivity index (χ1) is 13.8. The van der Waals surface area contributed by atoms with Gasteiger partial charge in [-0.05, 0) is 23.6 Å². The molecule has 29 heavy (non-hydrogen) atoms. The van der Waals surface area contributed by atoms with Crippen LogP contribution in [0, 0.1) is 11.6 Å². The van der Waals surface area contributed by atoms with E-state index in [4.69, 9.17) is 4.74 Å². The Morgan fingerprint density at radius 3 is 2.24 bits per heavy atom. The van der Waals surface area contributed by atoms with Crippen LogP contribution in [-0.2, 0) is 12.8 Å². The minimum atomic E-state index is -1.56. The summed E-state index contributed by atoms with van der Waals surface area (Å²) < 4.78 is 34.1. The number of aryl methyl sites for hydroxylation is 1. The Kier molecular flexibility index (Phi) is 7.13. The molecule has 0 amide bonds. The van der Waals surface area contributed by atoms with Gasteiger partial charge in [0.15, 0.2) is 17.0 Å². The summed E-state index contributed by atoms with van der Waals surface area (Å²) in [6.07, 6.45) is -3.35. The zero-order valence-electron chi connectivity index (χ0n) is 15.8. The fourth-order valence-corrected chi connectivity index (χ4v) is 4.50. The molecule has 8 heteroatoms. The van der Waals surface area contributed by atoms with Gasteiger partial charge in [-0.3, -0.25) is 0 Å². The molecule has 1 aliphatic heterocycles. The lowest BCUT2D eigenvalue weighted by Gasteiger charge is -2.39. The van der Waals surface area contributed by atoms with E-state index < -0.39 is 47.2 Å². The van der Waals surface area contributed by atoms with E-state index in [0.717, 1.165) is 29.3 Å². The molecule has 1 heterocycles. The van der Waals surface area contributed by atoms with E-state index in [2.05, 4.69) is 0 Å². The maximum Gasteiger partial charge on any atom is 0.173 e. The van der Waals surface area contributed by atoms with Crippen molar-refractivity contribution in [3.8, 4) is 5.75 Å². The van der Waals surface area contributed by atoms with Crippen LogP contribution in [0.15, 0.2) is 36.4 Å². The maximum atomic E-state index is 14.6. The second-order valence-corrected chi connectivity index (χ2v) is 8.38. The minimum Gasteiger partial charge on any atom is -0.474 e. The van der Waals surface area contributed by atoms with E-state index in [1.165, 1.54) is 6.07 Å². The van der Waals surface area contributed by atoms with E-state index >= 15 is 0 Å². The van der Waals surface area contributed by atoms with Gasteiger partial charge in [-0.15, -0.1) is 11.8 Å². The lowest BCUT2D eigenvalue weighted by Crippen LogP contribution is -2.55. The summed E-state index contributed by atoms with van der Waals surface area (Å²) in [6.45, 7) is 1.57. The molecule has 4 N–H and O–H groups in total. The Bertz CT molecular complexity index is 831. The molecule has 2 aromatic rings. The van der Waals surface area contributed by atoms with Crippen molar-refractivity contribution in [1.82, 2.24) is 0 Å². The molecule has 1 saturated heterocycles. The summed E-state index contributed by atoms with van der Waals surface area (Å²) in [7, 11) is 0. The topological polar surface area (TPSA) is 90.2 Å². The summed E-state index contributed by atoms with van der Waals surface area (Å²) >= 11 is 0.886. The molecule has 5 atom stereocenters. The molecular formula is C21H24F2O5S. The molecule has 1 aliphatic rings. The van der Waals surface area contributed by atoms with E-state index in [1.807, 2.05) is 31.2 Å². The summed E-state index contributed by atoms with van der Waals surface area (Å²) in [5.41, 5.74) is 1.07. The highest BCUT2D eigenvalue weighted by atomic mass is 32.2. The van der Waals surface area contributed by atoms with Gasteiger partial charge in [0.2, 0.25) is 0 Å². The first kappa shape index (κ1) is 22.0. The van der Waals surface area contributed by atoms with Gasteiger partial charge in [-0.1, -0.05) is 31.2 Å². The van der Waals surface area contributed by atoms with Crippen molar-refractivity contribution in [3.05, 3.63) is 64.7 Å². The van der Waals surface area contributed by atoms with Crippen molar-refractivity contribution in [3.63, 3.8) is 0 Å².